The van der Waals surface area contributed by atoms with E-state index in [1.54, 1.807) is 4.90 Å². The standard InChI is InChI=1S/C17H21F3N2O/c18-17(19,20)14-3-1-2-13(12-14)15(23)22-10-6-16(7-11-22)4-8-21-9-5-16/h1-3,12,21H,4-11H2. The highest BCUT2D eigenvalue weighted by atomic mass is 19.4. The van der Waals surface area contributed by atoms with Crippen LogP contribution in [0.2, 0.25) is 0 Å². The first-order valence-electron chi connectivity index (χ1n) is 8.07. The molecule has 2 heterocycles. The molecule has 2 aliphatic heterocycles. The van der Waals surface area contributed by atoms with Crippen LogP contribution in [0, 0.1) is 5.41 Å². The van der Waals surface area contributed by atoms with Gasteiger partial charge in [0.1, 0.15) is 0 Å². The lowest BCUT2D eigenvalue weighted by Gasteiger charge is -2.44. The lowest BCUT2D eigenvalue weighted by atomic mass is 9.71. The van der Waals surface area contributed by atoms with Gasteiger partial charge in [-0.15, -0.1) is 0 Å². The number of amides is 1. The smallest absolute Gasteiger partial charge is 0.339 e. The maximum Gasteiger partial charge on any atom is 0.416 e. The summed E-state index contributed by atoms with van der Waals surface area (Å²) in [5.41, 5.74) is -0.327. The number of hydrogen-bond acceptors (Lipinski definition) is 2. The topological polar surface area (TPSA) is 32.3 Å². The second-order valence-corrected chi connectivity index (χ2v) is 6.62. The molecule has 0 radical (unpaired) electrons. The van der Waals surface area contributed by atoms with E-state index >= 15 is 0 Å². The molecule has 0 aromatic heterocycles. The van der Waals surface area contributed by atoms with Crippen LogP contribution in [0.5, 0.6) is 0 Å². The Kier molecular flexibility index (Phi) is 4.36. The molecule has 0 bridgehead atoms. The van der Waals surface area contributed by atoms with Crippen LogP contribution in [0.1, 0.15) is 41.6 Å². The summed E-state index contributed by atoms with van der Waals surface area (Å²) in [7, 11) is 0. The predicted octanol–water partition coefficient (Wildman–Crippen LogP) is 3.31. The minimum atomic E-state index is -4.42. The van der Waals surface area contributed by atoms with Crippen molar-refractivity contribution in [2.24, 2.45) is 5.41 Å². The zero-order chi connectivity index (χ0) is 16.5. The van der Waals surface area contributed by atoms with E-state index in [0.717, 1.165) is 50.9 Å². The Balaban J connectivity index is 1.68. The lowest BCUT2D eigenvalue weighted by molar-refractivity contribution is -0.137. The molecule has 0 unspecified atom stereocenters. The van der Waals surface area contributed by atoms with Crippen molar-refractivity contribution in [1.29, 1.82) is 0 Å². The maximum atomic E-state index is 12.8. The maximum absolute atomic E-state index is 12.8. The zero-order valence-electron chi connectivity index (χ0n) is 13.0. The Morgan fingerprint density at radius 1 is 1.09 bits per heavy atom. The fraction of sp³-hybridized carbons (Fsp3) is 0.588. The average molecular weight is 326 g/mol. The fourth-order valence-corrected chi connectivity index (χ4v) is 3.65. The van der Waals surface area contributed by atoms with Crippen LogP contribution in [0.4, 0.5) is 13.2 Å². The van der Waals surface area contributed by atoms with Crippen molar-refractivity contribution < 1.29 is 18.0 Å². The quantitative estimate of drug-likeness (QED) is 0.859. The molecule has 1 aromatic rings. The van der Waals surface area contributed by atoms with Crippen LogP contribution >= 0.6 is 0 Å². The summed E-state index contributed by atoms with van der Waals surface area (Å²) in [4.78, 5) is 14.2. The summed E-state index contributed by atoms with van der Waals surface area (Å²) in [5, 5.41) is 3.35. The fourth-order valence-electron chi connectivity index (χ4n) is 3.65. The van der Waals surface area contributed by atoms with Gasteiger partial charge in [0.25, 0.3) is 5.91 Å². The lowest BCUT2D eigenvalue weighted by Crippen LogP contribution is -2.47. The molecule has 1 N–H and O–H groups in total. The first-order chi connectivity index (χ1) is 10.9. The van der Waals surface area contributed by atoms with Crippen molar-refractivity contribution in [2.75, 3.05) is 26.2 Å². The highest BCUT2D eigenvalue weighted by molar-refractivity contribution is 5.94. The average Bonchev–Trinajstić information content (AvgIpc) is 2.55. The zero-order valence-corrected chi connectivity index (χ0v) is 13.0. The minimum Gasteiger partial charge on any atom is -0.339 e. The van der Waals surface area contributed by atoms with E-state index < -0.39 is 11.7 Å². The largest absolute Gasteiger partial charge is 0.416 e. The first kappa shape index (κ1) is 16.3. The van der Waals surface area contributed by atoms with Crippen LogP contribution in [-0.2, 0) is 6.18 Å². The Labute approximate surface area is 133 Å². The molecule has 3 rings (SSSR count). The molecule has 6 heteroatoms. The minimum absolute atomic E-state index is 0.126. The molecule has 1 amide bonds. The Morgan fingerprint density at radius 2 is 1.74 bits per heavy atom. The number of piperidine rings is 2. The molecule has 1 aromatic carbocycles. The third-order valence-corrected chi connectivity index (χ3v) is 5.21. The van der Waals surface area contributed by atoms with Gasteiger partial charge in [-0.25, -0.2) is 0 Å². The van der Waals surface area contributed by atoms with E-state index in [1.807, 2.05) is 0 Å². The van der Waals surface area contributed by atoms with E-state index in [0.29, 0.717) is 18.5 Å². The molecule has 2 aliphatic rings. The molecule has 0 aliphatic carbocycles. The van der Waals surface area contributed by atoms with Gasteiger partial charge >= 0.3 is 6.18 Å². The molecule has 0 atom stereocenters. The molecule has 2 saturated heterocycles. The van der Waals surface area contributed by atoms with Gasteiger partial charge in [0.05, 0.1) is 5.56 Å². The summed E-state index contributed by atoms with van der Waals surface area (Å²) in [6.45, 7) is 3.30. The number of benzene rings is 1. The van der Waals surface area contributed by atoms with E-state index in [1.165, 1.54) is 12.1 Å². The van der Waals surface area contributed by atoms with E-state index in [2.05, 4.69) is 5.32 Å². The van der Waals surface area contributed by atoms with E-state index in [4.69, 9.17) is 0 Å². The SMILES string of the molecule is O=C(c1cccc(C(F)(F)F)c1)N1CCC2(CCNCC2)CC1. The van der Waals surface area contributed by atoms with Crippen molar-refractivity contribution in [3.63, 3.8) is 0 Å². The number of likely N-dealkylation sites (tertiary alicyclic amines) is 1. The summed E-state index contributed by atoms with van der Waals surface area (Å²) < 4.78 is 38.3. The summed E-state index contributed by atoms with van der Waals surface area (Å²) in [6, 6.07) is 4.72. The second-order valence-electron chi connectivity index (χ2n) is 6.62. The number of alkyl halides is 3. The molecule has 23 heavy (non-hydrogen) atoms. The van der Waals surface area contributed by atoms with Crippen LogP contribution in [0.15, 0.2) is 24.3 Å². The van der Waals surface area contributed by atoms with Crippen LogP contribution in [-0.4, -0.2) is 37.0 Å². The number of carbonyl (C=O) groups excluding carboxylic acids is 1. The van der Waals surface area contributed by atoms with Gasteiger partial charge in [0.2, 0.25) is 0 Å². The van der Waals surface area contributed by atoms with Crippen LogP contribution in [0.3, 0.4) is 0 Å². The van der Waals surface area contributed by atoms with Crippen molar-refractivity contribution in [3.05, 3.63) is 35.4 Å². The van der Waals surface area contributed by atoms with Crippen molar-refractivity contribution in [3.8, 4) is 0 Å². The molecule has 126 valence electrons. The summed E-state index contributed by atoms with van der Waals surface area (Å²) in [6.07, 6.45) is -0.284. The van der Waals surface area contributed by atoms with Gasteiger partial charge in [0, 0.05) is 18.7 Å². The van der Waals surface area contributed by atoms with Gasteiger partial charge in [-0.1, -0.05) is 6.07 Å². The second kappa shape index (κ2) is 6.15. The van der Waals surface area contributed by atoms with Gasteiger partial charge in [0.15, 0.2) is 0 Å². The Morgan fingerprint density at radius 3 is 2.35 bits per heavy atom. The summed E-state index contributed by atoms with van der Waals surface area (Å²) in [5.74, 6) is -0.292. The number of carbonyl (C=O) groups is 1. The van der Waals surface area contributed by atoms with Crippen molar-refractivity contribution >= 4 is 5.91 Å². The number of hydrogen-bond donors (Lipinski definition) is 1. The van der Waals surface area contributed by atoms with Gasteiger partial charge in [-0.05, 0) is 62.4 Å². The first-order valence-corrected chi connectivity index (χ1v) is 8.07. The number of rotatable bonds is 1. The Hall–Kier alpha value is -1.56. The normalized spacial score (nSPS) is 21.4. The number of halogens is 3. The molecule has 3 nitrogen and oxygen atoms in total. The van der Waals surface area contributed by atoms with Gasteiger partial charge < -0.3 is 10.2 Å². The third-order valence-electron chi connectivity index (χ3n) is 5.21. The highest BCUT2D eigenvalue weighted by Crippen LogP contribution is 2.39. The van der Waals surface area contributed by atoms with Gasteiger partial charge in [-0.2, -0.15) is 13.2 Å². The monoisotopic (exact) mass is 326 g/mol. The number of nitrogens with zero attached hydrogens (tertiary/aromatic N) is 1. The molecule has 2 fully saturated rings. The van der Waals surface area contributed by atoms with Gasteiger partial charge in [-0.3, -0.25) is 4.79 Å². The highest BCUT2D eigenvalue weighted by Gasteiger charge is 2.37. The number of nitrogens with one attached hydrogen (secondary N) is 1. The van der Waals surface area contributed by atoms with Crippen LogP contribution in [0.25, 0.3) is 0 Å². The predicted molar refractivity (Wildman–Crippen MR) is 81.1 cm³/mol. The van der Waals surface area contributed by atoms with E-state index in [9.17, 15) is 18.0 Å². The van der Waals surface area contributed by atoms with Crippen molar-refractivity contribution in [1.82, 2.24) is 10.2 Å². The van der Waals surface area contributed by atoms with Crippen molar-refractivity contribution in [2.45, 2.75) is 31.9 Å². The van der Waals surface area contributed by atoms with E-state index in [-0.39, 0.29) is 11.5 Å². The third kappa shape index (κ3) is 3.52. The molecule has 1 spiro atoms. The van der Waals surface area contributed by atoms with Crippen LogP contribution < -0.4 is 5.32 Å². The summed E-state index contributed by atoms with van der Waals surface area (Å²) >= 11 is 0. The molecular formula is C17H21F3N2O. The molecular weight excluding hydrogens is 305 g/mol. The Bertz CT molecular complexity index is 569. The molecule has 0 saturated carbocycles.